The topological polar surface area (TPSA) is 80.5 Å². The highest BCUT2D eigenvalue weighted by Crippen LogP contribution is 2.26. The van der Waals surface area contributed by atoms with E-state index in [0.717, 1.165) is 36.4 Å². The van der Waals surface area contributed by atoms with E-state index in [-0.39, 0.29) is 23.3 Å². The van der Waals surface area contributed by atoms with Gasteiger partial charge in [0.15, 0.2) is 0 Å². The van der Waals surface area contributed by atoms with E-state index in [0.29, 0.717) is 24.8 Å². The van der Waals surface area contributed by atoms with E-state index in [4.69, 9.17) is 9.26 Å². The van der Waals surface area contributed by atoms with Crippen LogP contribution in [0.3, 0.4) is 0 Å². The Morgan fingerprint density at radius 1 is 1.14 bits per heavy atom. The summed E-state index contributed by atoms with van der Waals surface area (Å²) in [5.74, 6) is 1.92. The van der Waals surface area contributed by atoms with Crippen LogP contribution < -0.4 is 10.1 Å². The van der Waals surface area contributed by atoms with Gasteiger partial charge in [-0.15, -0.1) is 0 Å². The fourth-order valence-electron chi connectivity index (χ4n) is 4.29. The van der Waals surface area contributed by atoms with Crippen LogP contribution >= 0.6 is 0 Å². The summed E-state index contributed by atoms with van der Waals surface area (Å²) in [5, 5.41) is 7.22. The number of carbonyl (C=O) groups excluding carboxylic acids is 1. The number of likely N-dealkylation sites (tertiary alicyclic amines) is 1. The molecular formula is C28H36N4O3. The highest BCUT2D eigenvalue weighted by Gasteiger charge is 2.27. The maximum Gasteiger partial charge on any atom is 0.241 e. The van der Waals surface area contributed by atoms with Crippen LogP contribution in [0.15, 0.2) is 53.1 Å². The smallest absolute Gasteiger partial charge is 0.241 e. The molecule has 0 radical (unpaired) electrons. The largest absolute Gasteiger partial charge is 0.491 e. The van der Waals surface area contributed by atoms with Crippen LogP contribution in [-0.2, 0) is 16.8 Å². The van der Waals surface area contributed by atoms with Gasteiger partial charge in [0.1, 0.15) is 5.75 Å². The molecular weight excluding hydrogens is 440 g/mol. The number of benzene rings is 2. The second-order valence-corrected chi connectivity index (χ2v) is 10.6. The number of anilines is 1. The Kier molecular flexibility index (Phi) is 7.55. The third-order valence-electron chi connectivity index (χ3n) is 6.21. The Morgan fingerprint density at radius 2 is 1.86 bits per heavy atom. The molecule has 1 amide bonds. The molecule has 2 aromatic carbocycles. The SMILES string of the molecule is CC(C)Oc1ccc(NC(=O)C2CCCN(Cc3nc(-c4ccc(C(C)(C)C)cc4)no3)C2)cc1. The number of amides is 1. The fourth-order valence-corrected chi connectivity index (χ4v) is 4.29. The lowest BCUT2D eigenvalue weighted by atomic mass is 9.87. The number of aromatic nitrogens is 2. The molecule has 0 spiro atoms. The molecule has 1 aromatic heterocycles. The molecule has 1 N–H and O–H groups in total. The van der Waals surface area contributed by atoms with Crippen molar-refractivity contribution in [2.45, 2.75) is 65.5 Å². The molecule has 0 saturated carbocycles. The van der Waals surface area contributed by atoms with Crippen LogP contribution in [-0.4, -0.2) is 40.1 Å². The molecule has 2 heterocycles. The van der Waals surface area contributed by atoms with E-state index < -0.39 is 0 Å². The van der Waals surface area contributed by atoms with Gasteiger partial charge in [-0.05, 0) is 68.5 Å². The number of nitrogens with zero attached hydrogens (tertiary/aromatic N) is 3. The zero-order chi connectivity index (χ0) is 25.0. The number of hydrogen-bond acceptors (Lipinski definition) is 6. The van der Waals surface area contributed by atoms with E-state index in [1.165, 1.54) is 5.56 Å². The summed E-state index contributed by atoms with van der Waals surface area (Å²) in [6.45, 7) is 12.7. The van der Waals surface area contributed by atoms with Gasteiger partial charge in [0, 0.05) is 17.8 Å². The minimum atomic E-state index is -0.0809. The number of nitrogens with one attached hydrogen (secondary N) is 1. The normalized spacial score (nSPS) is 16.9. The van der Waals surface area contributed by atoms with Crippen molar-refractivity contribution in [1.29, 1.82) is 0 Å². The minimum absolute atomic E-state index is 0.0392. The van der Waals surface area contributed by atoms with Crippen LogP contribution in [0, 0.1) is 5.92 Å². The van der Waals surface area contributed by atoms with E-state index >= 15 is 0 Å². The molecule has 35 heavy (non-hydrogen) atoms. The Labute approximate surface area is 207 Å². The predicted molar refractivity (Wildman–Crippen MR) is 137 cm³/mol. The zero-order valence-electron chi connectivity index (χ0n) is 21.4. The monoisotopic (exact) mass is 476 g/mol. The molecule has 1 fully saturated rings. The number of carbonyl (C=O) groups is 1. The van der Waals surface area contributed by atoms with Gasteiger partial charge in [0.05, 0.1) is 18.6 Å². The van der Waals surface area contributed by atoms with Crippen LogP contribution in [0.1, 0.15) is 58.9 Å². The number of rotatable bonds is 7. The summed E-state index contributed by atoms with van der Waals surface area (Å²) in [4.78, 5) is 19.7. The van der Waals surface area contributed by atoms with Crippen molar-refractivity contribution in [2.75, 3.05) is 18.4 Å². The molecule has 1 atom stereocenters. The molecule has 186 valence electrons. The summed E-state index contributed by atoms with van der Waals surface area (Å²) < 4.78 is 11.2. The van der Waals surface area contributed by atoms with Gasteiger partial charge in [0.25, 0.3) is 0 Å². The molecule has 0 aliphatic carbocycles. The van der Waals surface area contributed by atoms with Crippen LogP contribution in [0.4, 0.5) is 5.69 Å². The molecule has 7 heteroatoms. The van der Waals surface area contributed by atoms with Gasteiger partial charge < -0.3 is 14.6 Å². The van der Waals surface area contributed by atoms with Crippen molar-refractivity contribution in [3.63, 3.8) is 0 Å². The van der Waals surface area contributed by atoms with Gasteiger partial charge in [-0.25, -0.2) is 0 Å². The number of piperidine rings is 1. The number of ether oxygens (including phenoxy) is 1. The standard InChI is InChI=1S/C28H36N4O3/c1-19(2)34-24-14-12-23(13-15-24)29-27(33)21-7-6-16-32(17-21)18-25-30-26(31-35-25)20-8-10-22(11-9-20)28(3,4)5/h8-15,19,21H,6-7,16-18H2,1-5H3,(H,29,33). The van der Waals surface area contributed by atoms with Gasteiger partial charge in [-0.2, -0.15) is 4.98 Å². The summed E-state index contributed by atoms with van der Waals surface area (Å²) >= 11 is 0. The Balaban J connectivity index is 1.32. The van der Waals surface area contributed by atoms with E-state index in [1.54, 1.807) is 0 Å². The fraction of sp³-hybridized carbons (Fsp3) is 0.464. The highest BCUT2D eigenvalue weighted by molar-refractivity contribution is 5.92. The maximum atomic E-state index is 12.9. The minimum Gasteiger partial charge on any atom is -0.491 e. The maximum absolute atomic E-state index is 12.9. The second kappa shape index (κ2) is 10.6. The quantitative estimate of drug-likeness (QED) is 0.473. The van der Waals surface area contributed by atoms with Gasteiger partial charge in [-0.1, -0.05) is 50.2 Å². The number of hydrogen-bond donors (Lipinski definition) is 1. The lowest BCUT2D eigenvalue weighted by molar-refractivity contribution is -0.121. The third kappa shape index (κ3) is 6.69. The molecule has 4 rings (SSSR count). The molecule has 1 aliphatic heterocycles. The molecule has 1 aliphatic rings. The van der Waals surface area contributed by atoms with E-state index in [1.807, 2.05) is 50.2 Å². The van der Waals surface area contributed by atoms with Crippen molar-refractivity contribution in [1.82, 2.24) is 15.0 Å². The Hall–Kier alpha value is -3.19. The molecule has 3 aromatic rings. The lowest BCUT2D eigenvalue weighted by Gasteiger charge is -2.30. The van der Waals surface area contributed by atoms with Gasteiger partial charge >= 0.3 is 0 Å². The molecule has 7 nitrogen and oxygen atoms in total. The van der Waals surface area contributed by atoms with Crippen molar-refractivity contribution in [3.05, 3.63) is 60.0 Å². The first-order chi connectivity index (χ1) is 16.7. The lowest BCUT2D eigenvalue weighted by Crippen LogP contribution is -2.40. The van der Waals surface area contributed by atoms with Gasteiger partial charge in [-0.3, -0.25) is 9.69 Å². The predicted octanol–water partition coefficient (Wildman–Crippen LogP) is 5.67. The average Bonchev–Trinajstić information content (AvgIpc) is 3.28. The van der Waals surface area contributed by atoms with Gasteiger partial charge in [0.2, 0.25) is 17.6 Å². The van der Waals surface area contributed by atoms with E-state index in [9.17, 15) is 4.79 Å². The summed E-state index contributed by atoms with van der Waals surface area (Å²) in [6, 6.07) is 15.8. The zero-order valence-corrected chi connectivity index (χ0v) is 21.4. The third-order valence-corrected chi connectivity index (χ3v) is 6.21. The van der Waals surface area contributed by atoms with Crippen molar-refractivity contribution < 1.29 is 14.1 Å². The first-order valence-corrected chi connectivity index (χ1v) is 12.4. The second-order valence-electron chi connectivity index (χ2n) is 10.6. The Morgan fingerprint density at radius 3 is 2.51 bits per heavy atom. The summed E-state index contributed by atoms with van der Waals surface area (Å²) in [5.41, 5.74) is 3.09. The summed E-state index contributed by atoms with van der Waals surface area (Å²) in [6.07, 6.45) is 1.94. The molecule has 1 saturated heterocycles. The van der Waals surface area contributed by atoms with Crippen LogP contribution in [0.25, 0.3) is 11.4 Å². The van der Waals surface area contributed by atoms with Crippen LogP contribution in [0.5, 0.6) is 5.75 Å². The van der Waals surface area contributed by atoms with Crippen molar-refractivity contribution in [2.24, 2.45) is 5.92 Å². The first kappa shape index (κ1) is 24.9. The Bertz CT molecular complexity index is 1110. The summed E-state index contributed by atoms with van der Waals surface area (Å²) in [7, 11) is 0. The highest BCUT2D eigenvalue weighted by atomic mass is 16.5. The first-order valence-electron chi connectivity index (χ1n) is 12.4. The average molecular weight is 477 g/mol. The van der Waals surface area contributed by atoms with Crippen molar-refractivity contribution >= 4 is 11.6 Å². The molecule has 0 bridgehead atoms. The van der Waals surface area contributed by atoms with E-state index in [2.05, 4.69) is 53.3 Å². The van der Waals surface area contributed by atoms with Crippen molar-refractivity contribution in [3.8, 4) is 17.1 Å². The molecule has 1 unspecified atom stereocenters. The van der Waals surface area contributed by atoms with Crippen LogP contribution in [0.2, 0.25) is 0 Å².